The van der Waals surface area contributed by atoms with Gasteiger partial charge in [0, 0.05) is 17.5 Å². The summed E-state index contributed by atoms with van der Waals surface area (Å²) in [5, 5.41) is 3.33. The normalized spacial score (nSPS) is 21.3. The van der Waals surface area contributed by atoms with E-state index >= 15 is 0 Å². The van der Waals surface area contributed by atoms with E-state index in [2.05, 4.69) is 10.2 Å². The predicted octanol–water partition coefficient (Wildman–Crippen LogP) is 5.66. The number of rotatable bonds is 10. The fourth-order valence-corrected chi connectivity index (χ4v) is 5.65. The van der Waals surface area contributed by atoms with Gasteiger partial charge in [-0.1, -0.05) is 41.9 Å². The van der Waals surface area contributed by atoms with Crippen molar-refractivity contribution < 1.29 is 18.7 Å². The molecular formula is C29H36ClFN2O3. The summed E-state index contributed by atoms with van der Waals surface area (Å²) >= 11 is 6.09. The molecule has 7 heteroatoms. The Labute approximate surface area is 218 Å². The maximum Gasteiger partial charge on any atom is 0.246 e. The predicted molar refractivity (Wildman–Crippen MR) is 140 cm³/mol. The molecule has 1 N–H and O–H groups in total. The van der Waals surface area contributed by atoms with Crippen molar-refractivity contribution >= 4 is 23.3 Å². The first kappa shape index (κ1) is 26.8. The zero-order chi connectivity index (χ0) is 25.3. The Morgan fingerprint density at radius 3 is 2.42 bits per heavy atom. The van der Waals surface area contributed by atoms with Gasteiger partial charge >= 0.3 is 0 Å². The molecule has 1 saturated carbocycles. The van der Waals surface area contributed by atoms with E-state index < -0.39 is 5.82 Å². The summed E-state index contributed by atoms with van der Waals surface area (Å²) in [4.78, 5) is 27.5. The smallest absolute Gasteiger partial charge is 0.246 e. The standard InChI is InChI=1S/C29H36ClFN2O3/c30-27-18-24(31)8-11-26(27)29(35)23-13-16-33(17-14-23)15-12-21-6-9-25(10-7-21)32-28(34)20-36-19-22-4-2-1-3-5-22/h1-5,8,11,18,21,23,25H,6-7,9-10,12-17,19-20H2,(H,32,34). The van der Waals surface area contributed by atoms with Crippen LogP contribution in [0.25, 0.3) is 0 Å². The molecule has 2 aliphatic rings. The Morgan fingerprint density at radius 1 is 1.00 bits per heavy atom. The highest BCUT2D eigenvalue weighted by Gasteiger charge is 2.28. The molecule has 1 saturated heterocycles. The maximum absolute atomic E-state index is 13.3. The molecule has 2 fully saturated rings. The Hall–Kier alpha value is -2.28. The van der Waals surface area contributed by atoms with Gasteiger partial charge in [0.2, 0.25) is 5.91 Å². The number of hydrogen-bond acceptors (Lipinski definition) is 4. The van der Waals surface area contributed by atoms with Gasteiger partial charge in [-0.2, -0.15) is 0 Å². The molecular weight excluding hydrogens is 479 g/mol. The third-order valence-electron chi connectivity index (χ3n) is 7.57. The van der Waals surface area contributed by atoms with Gasteiger partial charge in [-0.3, -0.25) is 9.59 Å². The fourth-order valence-electron chi connectivity index (χ4n) is 5.39. The number of likely N-dealkylation sites (tertiary alicyclic amines) is 1. The first-order chi connectivity index (χ1) is 17.5. The molecule has 0 spiro atoms. The number of carbonyl (C=O) groups excluding carboxylic acids is 2. The Balaban J connectivity index is 1.09. The summed E-state index contributed by atoms with van der Waals surface area (Å²) in [5.41, 5.74) is 1.50. The average Bonchev–Trinajstić information content (AvgIpc) is 2.89. The van der Waals surface area contributed by atoms with Crippen molar-refractivity contribution in [2.24, 2.45) is 11.8 Å². The molecule has 0 aromatic heterocycles. The molecule has 2 aromatic carbocycles. The minimum absolute atomic E-state index is 0.0329. The first-order valence-electron chi connectivity index (χ1n) is 13.1. The average molecular weight is 515 g/mol. The quantitative estimate of drug-likeness (QED) is 0.416. The van der Waals surface area contributed by atoms with E-state index in [1.54, 1.807) is 0 Å². The van der Waals surface area contributed by atoms with E-state index in [4.69, 9.17) is 16.3 Å². The van der Waals surface area contributed by atoms with Crippen molar-refractivity contribution in [2.45, 2.75) is 57.6 Å². The molecule has 1 aliphatic carbocycles. The van der Waals surface area contributed by atoms with Crippen LogP contribution in [-0.4, -0.2) is 48.9 Å². The Morgan fingerprint density at radius 2 is 1.72 bits per heavy atom. The van der Waals surface area contributed by atoms with Crippen molar-refractivity contribution in [1.82, 2.24) is 10.2 Å². The van der Waals surface area contributed by atoms with Crippen LogP contribution in [0, 0.1) is 17.7 Å². The summed E-state index contributed by atoms with van der Waals surface area (Å²) < 4.78 is 18.8. The highest BCUT2D eigenvalue weighted by molar-refractivity contribution is 6.34. The number of benzene rings is 2. The number of nitrogens with one attached hydrogen (secondary N) is 1. The van der Waals surface area contributed by atoms with Crippen molar-refractivity contribution in [1.29, 1.82) is 0 Å². The largest absolute Gasteiger partial charge is 0.367 e. The lowest BCUT2D eigenvalue weighted by Crippen LogP contribution is -2.40. The van der Waals surface area contributed by atoms with Gasteiger partial charge in [-0.25, -0.2) is 4.39 Å². The molecule has 1 aliphatic heterocycles. The minimum Gasteiger partial charge on any atom is -0.367 e. The number of Topliss-reactive ketones (excluding diaryl/α,β-unsaturated/α-hetero) is 1. The van der Waals surface area contributed by atoms with Gasteiger partial charge < -0.3 is 15.0 Å². The zero-order valence-electron chi connectivity index (χ0n) is 20.8. The van der Waals surface area contributed by atoms with E-state index in [9.17, 15) is 14.0 Å². The number of nitrogens with zero attached hydrogens (tertiary/aromatic N) is 1. The lowest BCUT2D eigenvalue weighted by molar-refractivity contribution is -0.127. The van der Waals surface area contributed by atoms with E-state index in [-0.39, 0.29) is 35.3 Å². The van der Waals surface area contributed by atoms with E-state index in [0.29, 0.717) is 18.1 Å². The zero-order valence-corrected chi connectivity index (χ0v) is 21.5. The summed E-state index contributed by atoms with van der Waals surface area (Å²) in [6, 6.07) is 14.1. The van der Waals surface area contributed by atoms with Crippen LogP contribution in [0.2, 0.25) is 5.02 Å². The van der Waals surface area contributed by atoms with E-state index in [1.807, 2.05) is 30.3 Å². The van der Waals surface area contributed by atoms with E-state index in [1.165, 1.54) is 18.2 Å². The fraction of sp³-hybridized carbons (Fsp3) is 0.517. The van der Waals surface area contributed by atoms with Crippen molar-refractivity contribution in [3.63, 3.8) is 0 Å². The van der Waals surface area contributed by atoms with Crippen LogP contribution in [0.3, 0.4) is 0 Å². The molecule has 1 heterocycles. The highest BCUT2D eigenvalue weighted by atomic mass is 35.5. The third-order valence-corrected chi connectivity index (χ3v) is 7.88. The lowest BCUT2D eigenvalue weighted by Gasteiger charge is -2.34. The topological polar surface area (TPSA) is 58.6 Å². The van der Waals surface area contributed by atoms with Crippen LogP contribution < -0.4 is 5.32 Å². The Bertz CT molecular complexity index is 1000. The second kappa shape index (κ2) is 13.3. The summed E-state index contributed by atoms with van der Waals surface area (Å²) in [7, 11) is 0. The number of ketones is 1. The molecule has 36 heavy (non-hydrogen) atoms. The molecule has 4 rings (SSSR count). The molecule has 0 bridgehead atoms. The molecule has 0 radical (unpaired) electrons. The number of amides is 1. The first-order valence-corrected chi connectivity index (χ1v) is 13.5. The molecule has 0 unspecified atom stereocenters. The van der Waals surface area contributed by atoms with Gasteiger partial charge in [-0.05, 0) is 94.3 Å². The van der Waals surface area contributed by atoms with Crippen LogP contribution in [-0.2, 0) is 16.1 Å². The molecule has 194 valence electrons. The van der Waals surface area contributed by atoms with Crippen LogP contribution in [0.1, 0.15) is 60.9 Å². The van der Waals surface area contributed by atoms with Gasteiger partial charge in [0.05, 0.1) is 11.6 Å². The van der Waals surface area contributed by atoms with Gasteiger partial charge in [0.25, 0.3) is 0 Å². The number of ether oxygens (including phenoxy) is 1. The molecule has 2 aromatic rings. The van der Waals surface area contributed by atoms with Crippen molar-refractivity contribution in [3.05, 3.63) is 70.5 Å². The van der Waals surface area contributed by atoms with Crippen LogP contribution in [0.4, 0.5) is 4.39 Å². The summed E-state index contributed by atoms with van der Waals surface area (Å²) in [6.07, 6.45) is 7.09. The van der Waals surface area contributed by atoms with Crippen LogP contribution in [0.5, 0.6) is 0 Å². The highest BCUT2D eigenvalue weighted by Crippen LogP contribution is 2.29. The van der Waals surface area contributed by atoms with Crippen LogP contribution in [0.15, 0.2) is 48.5 Å². The number of halogens is 2. The van der Waals surface area contributed by atoms with Gasteiger partial charge in [0.1, 0.15) is 12.4 Å². The number of hydrogen-bond donors (Lipinski definition) is 1. The maximum atomic E-state index is 13.3. The SMILES string of the molecule is O=C(COCc1ccccc1)NC1CCC(CCN2CCC(C(=O)c3ccc(F)cc3Cl)CC2)CC1. The van der Waals surface area contributed by atoms with Crippen LogP contribution >= 0.6 is 11.6 Å². The molecule has 0 atom stereocenters. The molecule has 5 nitrogen and oxygen atoms in total. The number of carbonyl (C=O) groups is 2. The van der Waals surface area contributed by atoms with Crippen molar-refractivity contribution in [3.8, 4) is 0 Å². The summed E-state index contributed by atoms with van der Waals surface area (Å²) in [5.74, 6) is 0.222. The number of piperidine rings is 1. The van der Waals surface area contributed by atoms with Gasteiger partial charge in [-0.15, -0.1) is 0 Å². The third kappa shape index (κ3) is 7.86. The van der Waals surface area contributed by atoms with Crippen molar-refractivity contribution in [2.75, 3.05) is 26.2 Å². The monoisotopic (exact) mass is 514 g/mol. The van der Waals surface area contributed by atoms with E-state index in [0.717, 1.165) is 70.1 Å². The second-order valence-electron chi connectivity index (χ2n) is 10.2. The van der Waals surface area contributed by atoms with Gasteiger partial charge in [0.15, 0.2) is 5.78 Å². The lowest BCUT2D eigenvalue weighted by atomic mass is 9.83. The second-order valence-corrected chi connectivity index (χ2v) is 10.6. The Kier molecular flexibility index (Phi) is 9.90. The summed E-state index contributed by atoms with van der Waals surface area (Å²) in [6.45, 7) is 3.41. The molecule has 1 amide bonds. The minimum atomic E-state index is -0.421.